The Morgan fingerprint density at radius 1 is 1.35 bits per heavy atom. The van der Waals surface area contributed by atoms with Crippen molar-refractivity contribution in [2.45, 2.75) is 51.1 Å². The van der Waals surface area contributed by atoms with Gasteiger partial charge in [0.2, 0.25) is 5.89 Å². The van der Waals surface area contributed by atoms with Crippen molar-refractivity contribution >= 4 is 29.9 Å². The summed E-state index contributed by atoms with van der Waals surface area (Å²) >= 11 is 0. The third-order valence-corrected chi connectivity index (χ3v) is 4.34. The molecule has 2 unspecified atom stereocenters. The molecule has 1 saturated carbocycles. The minimum Gasteiger partial charge on any atom is -0.443 e. The first-order valence-corrected chi connectivity index (χ1v) is 8.55. The molecule has 3 rings (SSSR count). The molecule has 0 amide bonds. The minimum absolute atomic E-state index is 0. The summed E-state index contributed by atoms with van der Waals surface area (Å²) in [7, 11) is 1.71. The van der Waals surface area contributed by atoms with Crippen molar-refractivity contribution in [3.8, 4) is 0 Å². The Hall–Kier alpha value is -1.64. The lowest BCUT2D eigenvalue weighted by Gasteiger charge is -2.13. The van der Waals surface area contributed by atoms with E-state index in [4.69, 9.17) is 4.42 Å². The predicted octanol–water partition coefficient (Wildman–Crippen LogP) is 3.95. The zero-order chi connectivity index (χ0) is 18.0. The van der Waals surface area contributed by atoms with Gasteiger partial charge in [0, 0.05) is 24.4 Å². The second-order valence-corrected chi connectivity index (χ2v) is 7.41. The van der Waals surface area contributed by atoms with Crippen LogP contribution in [0, 0.1) is 5.82 Å². The van der Waals surface area contributed by atoms with Crippen molar-refractivity contribution in [3.63, 3.8) is 0 Å². The largest absolute Gasteiger partial charge is 0.443 e. The summed E-state index contributed by atoms with van der Waals surface area (Å²) in [6.45, 7) is 6.70. The molecule has 2 N–H and O–H groups in total. The van der Waals surface area contributed by atoms with Crippen molar-refractivity contribution in [3.05, 3.63) is 53.5 Å². The number of halogens is 2. The molecule has 1 aliphatic carbocycles. The molecule has 1 aliphatic rings. The van der Waals surface area contributed by atoms with Gasteiger partial charge in [-0.1, -0.05) is 39.0 Å². The molecule has 1 fully saturated rings. The molecule has 0 radical (unpaired) electrons. The van der Waals surface area contributed by atoms with E-state index in [-0.39, 0.29) is 47.2 Å². The van der Waals surface area contributed by atoms with E-state index in [1.165, 1.54) is 6.07 Å². The van der Waals surface area contributed by atoms with Gasteiger partial charge in [-0.2, -0.15) is 0 Å². The van der Waals surface area contributed by atoms with Crippen LogP contribution in [0.4, 0.5) is 4.39 Å². The average Bonchev–Trinajstić information content (AvgIpc) is 3.14. The van der Waals surface area contributed by atoms with Crippen molar-refractivity contribution in [1.29, 1.82) is 0 Å². The van der Waals surface area contributed by atoms with Gasteiger partial charge in [0.25, 0.3) is 0 Å². The normalized spacial score (nSPS) is 19.7. The number of benzene rings is 1. The number of guanidine groups is 1. The molecule has 0 aliphatic heterocycles. The third kappa shape index (κ3) is 4.96. The molecule has 2 aromatic rings. The molecule has 0 saturated heterocycles. The fourth-order valence-electron chi connectivity index (χ4n) is 2.74. The number of oxazole rings is 1. The summed E-state index contributed by atoms with van der Waals surface area (Å²) in [6.07, 6.45) is 2.66. The maximum Gasteiger partial charge on any atom is 0.213 e. The zero-order valence-electron chi connectivity index (χ0n) is 15.5. The first-order chi connectivity index (χ1) is 11.9. The van der Waals surface area contributed by atoms with Gasteiger partial charge in [-0.25, -0.2) is 9.37 Å². The van der Waals surface area contributed by atoms with E-state index < -0.39 is 0 Å². The fraction of sp³-hybridized carbons (Fsp3) is 0.474. The Morgan fingerprint density at radius 2 is 2.08 bits per heavy atom. The Morgan fingerprint density at radius 3 is 2.69 bits per heavy atom. The number of nitrogens with one attached hydrogen (secondary N) is 2. The van der Waals surface area contributed by atoms with Crippen LogP contribution in [-0.2, 0) is 12.0 Å². The SMILES string of the molecule is CN=C(NCc1ncc(C(C)(C)C)o1)NC1CC1c1ccccc1F.I. The number of nitrogens with zero attached hydrogens (tertiary/aromatic N) is 2. The molecule has 26 heavy (non-hydrogen) atoms. The molecule has 7 heteroatoms. The van der Waals surface area contributed by atoms with Crippen molar-refractivity contribution in [2.24, 2.45) is 4.99 Å². The highest BCUT2D eigenvalue weighted by atomic mass is 127. The van der Waals surface area contributed by atoms with Crippen LogP contribution in [0.5, 0.6) is 0 Å². The van der Waals surface area contributed by atoms with Crippen LogP contribution in [0.2, 0.25) is 0 Å². The number of aromatic nitrogens is 1. The Bertz CT molecular complexity index is 769. The van der Waals surface area contributed by atoms with E-state index in [9.17, 15) is 4.39 Å². The highest BCUT2D eigenvalue weighted by Gasteiger charge is 2.40. The zero-order valence-corrected chi connectivity index (χ0v) is 17.9. The van der Waals surface area contributed by atoms with Gasteiger partial charge < -0.3 is 15.1 Å². The highest BCUT2D eigenvalue weighted by Crippen LogP contribution is 2.41. The van der Waals surface area contributed by atoms with Crippen LogP contribution in [0.3, 0.4) is 0 Å². The summed E-state index contributed by atoms with van der Waals surface area (Å²) in [4.78, 5) is 8.52. The van der Waals surface area contributed by atoms with Crippen LogP contribution in [0.25, 0.3) is 0 Å². The Labute approximate surface area is 170 Å². The smallest absolute Gasteiger partial charge is 0.213 e. The van der Waals surface area contributed by atoms with Crippen LogP contribution in [0.1, 0.15) is 50.3 Å². The van der Waals surface area contributed by atoms with Crippen LogP contribution in [-0.4, -0.2) is 24.0 Å². The first kappa shape index (κ1) is 20.7. The molecule has 1 aromatic carbocycles. The van der Waals surface area contributed by atoms with Gasteiger partial charge in [-0.05, 0) is 18.1 Å². The van der Waals surface area contributed by atoms with Crippen molar-refractivity contribution < 1.29 is 8.81 Å². The molecule has 0 spiro atoms. The predicted molar refractivity (Wildman–Crippen MR) is 111 cm³/mol. The van der Waals surface area contributed by atoms with Gasteiger partial charge in [0.15, 0.2) is 5.96 Å². The van der Waals surface area contributed by atoms with Crippen LogP contribution in [0.15, 0.2) is 39.9 Å². The van der Waals surface area contributed by atoms with Crippen molar-refractivity contribution in [2.75, 3.05) is 7.05 Å². The van der Waals surface area contributed by atoms with Gasteiger partial charge in [0.1, 0.15) is 11.6 Å². The van der Waals surface area contributed by atoms with Crippen LogP contribution < -0.4 is 10.6 Å². The minimum atomic E-state index is -0.144. The molecular weight excluding hydrogens is 446 g/mol. The molecular formula is C19H26FIN4O. The van der Waals surface area contributed by atoms with E-state index in [2.05, 4.69) is 41.4 Å². The highest BCUT2D eigenvalue weighted by molar-refractivity contribution is 14.0. The Balaban J connectivity index is 0.00000243. The standard InChI is InChI=1S/C19H25FN4O.HI/c1-19(2,3)16-10-22-17(25-16)11-23-18(21-4)24-15-9-13(15)12-7-5-6-8-14(12)20;/h5-8,10,13,15H,9,11H2,1-4H3,(H2,21,23,24);1H. The lowest BCUT2D eigenvalue weighted by Crippen LogP contribution is -2.38. The fourth-order valence-corrected chi connectivity index (χ4v) is 2.74. The third-order valence-electron chi connectivity index (χ3n) is 4.34. The summed E-state index contributed by atoms with van der Waals surface area (Å²) < 4.78 is 19.6. The quantitative estimate of drug-likeness (QED) is 0.402. The summed E-state index contributed by atoms with van der Waals surface area (Å²) in [5, 5.41) is 6.52. The summed E-state index contributed by atoms with van der Waals surface area (Å²) in [5.74, 6) is 2.19. The Kier molecular flexibility index (Phi) is 6.65. The van der Waals surface area contributed by atoms with Crippen LogP contribution >= 0.6 is 24.0 Å². The van der Waals surface area contributed by atoms with Gasteiger partial charge in [0.05, 0.1) is 12.7 Å². The van der Waals surface area contributed by atoms with E-state index in [0.717, 1.165) is 17.7 Å². The monoisotopic (exact) mass is 472 g/mol. The molecule has 5 nitrogen and oxygen atoms in total. The first-order valence-electron chi connectivity index (χ1n) is 8.55. The summed E-state index contributed by atoms with van der Waals surface area (Å²) in [6, 6.07) is 7.13. The maximum absolute atomic E-state index is 13.8. The maximum atomic E-state index is 13.8. The number of hydrogen-bond acceptors (Lipinski definition) is 3. The average molecular weight is 472 g/mol. The number of aliphatic imine (C=N–C) groups is 1. The lowest BCUT2D eigenvalue weighted by molar-refractivity contribution is 0.379. The number of hydrogen-bond donors (Lipinski definition) is 2. The molecule has 1 aromatic heterocycles. The number of rotatable bonds is 4. The lowest BCUT2D eigenvalue weighted by atomic mass is 9.94. The molecule has 2 atom stereocenters. The van der Waals surface area contributed by atoms with Gasteiger partial charge in [-0.15, -0.1) is 24.0 Å². The van der Waals surface area contributed by atoms with Gasteiger partial charge in [-0.3, -0.25) is 4.99 Å². The van der Waals surface area contributed by atoms with E-state index in [0.29, 0.717) is 18.4 Å². The second kappa shape index (κ2) is 8.37. The van der Waals surface area contributed by atoms with Gasteiger partial charge >= 0.3 is 0 Å². The summed E-state index contributed by atoms with van der Waals surface area (Å²) in [5.41, 5.74) is 0.699. The van der Waals surface area contributed by atoms with E-state index in [1.54, 1.807) is 19.3 Å². The van der Waals surface area contributed by atoms with E-state index in [1.807, 2.05) is 12.1 Å². The molecule has 0 bridgehead atoms. The second-order valence-electron chi connectivity index (χ2n) is 7.41. The van der Waals surface area contributed by atoms with Crippen molar-refractivity contribution in [1.82, 2.24) is 15.6 Å². The molecule has 142 valence electrons. The molecule has 1 heterocycles. The topological polar surface area (TPSA) is 62.5 Å². The van der Waals surface area contributed by atoms with E-state index >= 15 is 0 Å².